The third-order valence-corrected chi connectivity index (χ3v) is 5.29. The number of esters is 1. The number of rotatable bonds is 6. The average molecular weight is 405 g/mol. The lowest BCUT2D eigenvalue weighted by molar-refractivity contribution is -0.113. The standard InChI is InChI=1S/C22H19N3O3S/c1-3-14-4-9-19-16(10-14)11-17(12-23)21(25-19)29-13-20(26)24-18-7-5-15(6-8-18)22(27)28-2/h4-11H,3,13H2,1-2H3,(H,24,26). The summed E-state index contributed by atoms with van der Waals surface area (Å²) in [6.45, 7) is 2.08. The first-order chi connectivity index (χ1) is 14.0. The minimum absolute atomic E-state index is 0.110. The molecule has 146 valence electrons. The first-order valence-electron chi connectivity index (χ1n) is 8.99. The van der Waals surface area contributed by atoms with Crippen molar-refractivity contribution in [3.05, 3.63) is 65.2 Å². The molecule has 6 nitrogen and oxygen atoms in total. The number of methoxy groups -OCH3 is 1. The number of nitrogens with zero attached hydrogens (tertiary/aromatic N) is 2. The molecule has 1 N–H and O–H groups in total. The van der Waals surface area contributed by atoms with Crippen molar-refractivity contribution < 1.29 is 14.3 Å². The average Bonchev–Trinajstić information content (AvgIpc) is 2.76. The Bertz CT molecular complexity index is 1100. The summed E-state index contributed by atoms with van der Waals surface area (Å²) in [6, 6.07) is 16.4. The summed E-state index contributed by atoms with van der Waals surface area (Å²) in [4.78, 5) is 28.3. The number of nitrogens with one attached hydrogen (secondary N) is 1. The van der Waals surface area contributed by atoms with Crippen molar-refractivity contribution in [1.82, 2.24) is 4.98 Å². The molecule has 0 aliphatic rings. The number of carbonyl (C=O) groups is 2. The van der Waals surface area contributed by atoms with E-state index in [1.54, 1.807) is 24.3 Å². The molecule has 0 aliphatic carbocycles. The van der Waals surface area contributed by atoms with E-state index in [0.717, 1.165) is 17.3 Å². The molecule has 1 amide bonds. The monoisotopic (exact) mass is 405 g/mol. The lowest BCUT2D eigenvalue weighted by Gasteiger charge is -2.08. The number of pyridine rings is 1. The third kappa shape index (κ3) is 4.92. The Labute approximate surface area is 172 Å². The molecule has 0 atom stereocenters. The second-order valence-electron chi connectivity index (χ2n) is 6.24. The van der Waals surface area contributed by atoms with E-state index in [9.17, 15) is 14.9 Å². The first kappa shape index (κ1) is 20.4. The summed E-state index contributed by atoms with van der Waals surface area (Å²) in [5, 5.41) is 13.7. The fourth-order valence-electron chi connectivity index (χ4n) is 2.76. The van der Waals surface area contributed by atoms with Crippen molar-refractivity contribution in [3.8, 4) is 6.07 Å². The normalized spacial score (nSPS) is 10.4. The Kier molecular flexibility index (Phi) is 6.47. The van der Waals surface area contributed by atoms with Crippen molar-refractivity contribution in [3.63, 3.8) is 0 Å². The number of anilines is 1. The van der Waals surface area contributed by atoms with E-state index in [4.69, 9.17) is 0 Å². The van der Waals surface area contributed by atoms with Crippen LogP contribution in [-0.2, 0) is 16.0 Å². The Morgan fingerprint density at radius 2 is 1.93 bits per heavy atom. The zero-order chi connectivity index (χ0) is 20.8. The molecule has 3 rings (SSSR count). The highest BCUT2D eigenvalue weighted by Gasteiger charge is 2.11. The largest absolute Gasteiger partial charge is 0.465 e. The molecular formula is C22H19N3O3S. The van der Waals surface area contributed by atoms with Gasteiger partial charge in [-0.15, -0.1) is 0 Å². The molecule has 0 unspecified atom stereocenters. The molecule has 2 aromatic carbocycles. The van der Waals surface area contributed by atoms with Crippen LogP contribution in [0.25, 0.3) is 10.9 Å². The number of amides is 1. The minimum atomic E-state index is -0.434. The van der Waals surface area contributed by atoms with E-state index in [2.05, 4.69) is 28.0 Å². The number of carbonyl (C=O) groups excluding carboxylic acids is 2. The fraction of sp³-hybridized carbons (Fsp3) is 0.182. The van der Waals surface area contributed by atoms with Gasteiger partial charge in [-0.2, -0.15) is 5.26 Å². The van der Waals surface area contributed by atoms with E-state index < -0.39 is 5.97 Å². The molecular weight excluding hydrogens is 386 g/mol. The summed E-state index contributed by atoms with van der Waals surface area (Å²) in [6.07, 6.45) is 0.912. The molecule has 0 fully saturated rings. The molecule has 1 heterocycles. The summed E-state index contributed by atoms with van der Waals surface area (Å²) >= 11 is 1.22. The highest BCUT2D eigenvalue weighted by atomic mass is 32.2. The predicted octanol–water partition coefficient (Wildman–Crippen LogP) is 4.19. The van der Waals surface area contributed by atoms with Crippen LogP contribution in [0.5, 0.6) is 0 Å². The summed E-state index contributed by atoms with van der Waals surface area (Å²) < 4.78 is 4.65. The van der Waals surface area contributed by atoms with Gasteiger partial charge < -0.3 is 10.1 Å². The van der Waals surface area contributed by atoms with E-state index in [0.29, 0.717) is 21.8 Å². The Balaban J connectivity index is 1.68. The quantitative estimate of drug-likeness (QED) is 0.488. The second kappa shape index (κ2) is 9.22. The number of nitriles is 1. The zero-order valence-corrected chi connectivity index (χ0v) is 16.9. The first-order valence-corrected chi connectivity index (χ1v) is 9.97. The van der Waals surface area contributed by atoms with Gasteiger partial charge in [0.1, 0.15) is 11.1 Å². The number of aromatic nitrogens is 1. The minimum Gasteiger partial charge on any atom is -0.465 e. The Hall–Kier alpha value is -3.37. The summed E-state index contributed by atoms with van der Waals surface area (Å²) in [7, 11) is 1.31. The van der Waals surface area contributed by atoms with E-state index in [-0.39, 0.29) is 11.7 Å². The van der Waals surface area contributed by atoms with Crippen LogP contribution < -0.4 is 5.32 Å². The van der Waals surface area contributed by atoms with E-state index in [1.165, 1.54) is 24.4 Å². The fourth-order valence-corrected chi connectivity index (χ4v) is 3.52. The smallest absolute Gasteiger partial charge is 0.337 e. The highest BCUT2D eigenvalue weighted by Crippen LogP contribution is 2.25. The molecule has 0 bridgehead atoms. The van der Waals surface area contributed by atoms with Crippen LogP contribution in [0.4, 0.5) is 5.69 Å². The maximum Gasteiger partial charge on any atom is 0.337 e. The number of fused-ring (bicyclic) bond motifs is 1. The van der Waals surface area contributed by atoms with Crippen molar-refractivity contribution in [2.45, 2.75) is 18.4 Å². The van der Waals surface area contributed by atoms with Gasteiger partial charge in [0.2, 0.25) is 5.91 Å². The van der Waals surface area contributed by atoms with Gasteiger partial charge in [-0.05, 0) is 54.4 Å². The number of hydrogen-bond acceptors (Lipinski definition) is 6. The predicted molar refractivity (Wildman–Crippen MR) is 113 cm³/mol. The van der Waals surface area contributed by atoms with Gasteiger partial charge in [-0.3, -0.25) is 4.79 Å². The van der Waals surface area contributed by atoms with Gasteiger partial charge >= 0.3 is 5.97 Å². The van der Waals surface area contributed by atoms with Crippen LogP contribution in [0.15, 0.2) is 53.6 Å². The van der Waals surface area contributed by atoms with Gasteiger partial charge in [-0.25, -0.2) is 9.78 Å². The SMILES string of the molecule is CCc1ccc2nc(SCC(=O)Nc3ccc(C(=O)OC)cc3)c(C#N)cc2c1. The van der Waals surface area contributed by atoms with Crippen molar-refractivity contribution >= 4 is 40.2 Å². The highest BCUT2D eigenvalue weighted by molar-refractivity contribution is 8.00. The van der Waals surface area contributed by atoms with E-state index >= 15 is 0 Å². The molecule has 0 radical (unpaired) electrons. The molecule has 0 spiro atoms. The van der Waals surface area contributed by atoms with Crippen LogP contribution >= 0.6 is 11.8 Å². The molecule has 7 heteroatoms. The van der Waals surface area contributed by atoms with Gasteiger partial charge in [0.05, 0.1) is 29.5 Å². The zero-order valence-electron chi connectivity index (χ0n) is 16.1. The van der Waals surface area contributed by atoms with Crippen LogP contribution in [0.2, 0.25) is 0 Å². The summed E-state index contributed by atoms with van der Waals surface area (Å²) in [5.74, 6) is -0.553. The molecule has 3 aromatic rings. The lowest BCUT2D eigenvalue weighted by atomic mass is 10.1. The molecule has 0 aliphatic heterocycles. The van der Waals surface area contributed by atoms with Gasteiger partial charge in [0.15, 0.2) is 0 Å². The van der Waals surface area contributed by atoms with Crippen molar-refractivity contribution in [2.24, 2.45) is 0 Å². The maximum atomic E-state index is 12.3. The van der Waals surface area contributed by atoms with Gasteiger partial charge in [0.25, 0.3) is 0 Å². The van der Waals surface area contributed by atoms with Crippen molar-refractivity contribution in [1.29, 1.82) is 5.26 Å². The number of benzene rings is 2. The number of thioether (sulfide) groups is 1. The Morgan fingerprint density at radius 3 is 2.59 bits per heavy atom. The molecule has 29 heavy (non-hydrogen) atoms. The van der Waals surface area contributed by atoms with Gasteiger partial charge in [-0.1, -0.05) is 24.8 Å². The number of ether oxygens (including phenoxy) is 1. The maximum absolute atomic E-state index is 12.3. The van der Waals surface area contributed by atoms with E-state index in [1.807, 2.05) is 24.3 Å². The summed E-state index contributed by atoms with van der Waals surface area (Å²) in [5.41, 5.74) is 3.40. The molecule has 0 saturated carbocycles. The Morgan fingerprint density at radius 1 is 1.17 bits per heavy atom. The number of hydrogen-bond donors (Lipinski definition) is 1. The van der Waals surface area contributed by atoms with Crippen molar-refractivity contribution in [2.75, 3.05) is 18.2 Å². The third-order valence-electron chi connectivity index (χ3n) is 4.30. The number of aryl methyl sites for hydroxylation is 1. The lowest BCUT2D eigenvalue weighted by Crippen LogP contribution is -2.14. The van der Waals surface area contributed by atoms with Crippen LogP contribution in [0.3, 0.4) is 0 Å². The second-order valence-corrected chi connectivity index (χ2v) is 7.20. The van der Waals surface area contributed by atoms with Gasteiger partial charge in [0, 0.05) is 11.1 Å². The van der Waals surface area contributed by atoms with Crippen LogP contribution in [0.1, 0.15) is 28.4 Å². The topological polar surface area (TPSA) is 92.1 Å². The van der Waals surface area contributed by atoms with Crippen LogP contribution in [0, 0.1) is 11.3 Å². The molecule has 0 saturated heterocycles. The molecule has 1 aromatic heterocycles. The van der Waals surface area contributed by atoms with Crippen LogP contribution in [-0.4, -0.2) is 29.7 Å².